The molecule has 0 aliphatic rings. The Morgan fingerprint density at radius 1 is 1.06 bits per heavy atom. The maximum Gasteiger partial charge on any atom is 0.240 e. The van der Waals surface area contributed by atoms with Crippen LogP contribution in [0.2, 0.25) is 0 Å². The van der Waals surface area contributed by atoms with Gasteiger partial charge in [0.15, 0.2) is 0 Å². The van der Waals surface area contributed by atoms with Crippen molar-refractivity contribution < 1.29 is 9.59 Å². The van der Waals surface area contributed by atoms with Crippen molar-refractivity contribution in [1.29, 1.82) is 0 Å². The zero-order chi connectivity index (χ0) is 13.7. The summed E-state index contributed by atoms with van der Waals surface area (Å²) < 4.78 is 0. The predicted octanol–water partition coefficient (Wildman–Crippen LogP) is 1.57. The number of carbonyl (C=O) groups excluding carboxylic acids is 2. The zero-order valence-electron chi connectivity index (χ0n) is 10.9. The van der Waals surface area contributed by atoms with Gasteiger partial charge in [-0.1, -0.05) is 19.9 Å². The van der Waals surface area contributed by atoms with E-state index in [-0.39, 0.29) is 17.7 Å². The number of nitrogens with two attached hydrogens (primary N) is 1. The monoisotopic (exact) mass is 249 g/mol. The van der Waals surface area contributed by atoms with Gasteiger partial charge in [-0.25, -0.2) is 0 Å². The third-order valence-corrected chi connectivity index (χ3v) is 2.34. The number of benzene rings is 1. The molecule has 0 aliphatic carbocycles. The molecule has 0 bridgehead atoms. The lowest BCUT2D eigenvalue weighted by atomic mass is 10.2. The van der Waals surface area contributed by atoms with Crippen LogP contribution in [0.25, 0.3) is 0 Å². The first-order valence-corrected chi connectivity index (χ1v) is 5.87. The summed E-state index contributed by atoms with van der Waals surface area (Å²) in [6.45, 7) is 5.24. The molecule has 0 saturated heterocycles. The first-order valence-electron chi connectivity index (χ1n) is 5.87. The molecule has 0 radical (unpaired) electrons. The van der Waals surface area contributed by atoms with Gasteiger partial charge < -0.3 is 16.4 Å². The highest BCUT2D eigenvalue weighted by atomic mass is 16.2. The second-order valence-corrected chi connectivity index (χ2v) is 4.50. The van der Waals surface area contributed by atoms with Crippen LogP contribution in [0.3, 0.4) is 0 Å². The number of amides is 2. The van der Waals surface area contributed by atoms with Gasteiger partial charge in [0.25, 0.3) is 0 Å². The Labute approximate surface area is 107 Å². The quantitative estimate of drug-likeness (QED) is 0.757. The molecule has 1 aromatic carbocycles. The van der Waals surface area contributed by atoms with Crippen LogP contribution in [0.1, 0.15) is 20.8 Å². The van der Waals surface area contributed by atoms with Gasteiger partial charge in [-0.05, 0) is 25.1 Å². The van der Waals surface area contributed by atoms with Crippen molar-refractivity contribution in [3.63, 3.8) is 0 Å². The van der Waals surface area contributed by atoms with E-state index in [9.17, 15) is 9.59 Å². The highest BCUT2D eigenvalue weighted by Crippen LogP contribution is 2.16. The molecule has 0 saturated carbocycles. The zero-order valence-corrected chi connectivity index (χ0v) is 10.9. The van der Waals surface area contributed by atoms with E-state index in [1.807, 2.05) is 13.8 Å². The summed E-state index contributed by atoms with van der Waals surface area (Å²) in [5.41, 5.74) is 6.72. The molecule has 0 heterocycles. The van der Waals surface area contributed by atoms with Crippen molar-refractivity contribution in [2.75, 3.05) is 10.6 Å². The number of anilines is 2. The summed E-state index contributed by atoms with van der Waals surface area (Å²) >= 11 is 0. The summed E-state index contributed by atoms with van der Waals surface area (Å²) in [6.07, 6.45) is 0. The smallest absolute Gasteiger partial charge is 0.240 e. The normalized spacial score (nSPS) is 12.1. The molecule has 5 heteroatoms. The van der Waals surface area contributed by atoms with Crippen LogP contribution in [0.4, 0.5) is 11.4 Å². The summed E-state index contributed by atoms with van der Waals surface area (Å²) in [6, 6.07) is 6.39. The van der Waals surface area contributed by atoms with E-state index < -0.39 is 6.04 Å². The molecule has 0 spiro atoms. The topological polar surface area (TPSA) is 84.2 Å². The summed E-state index contributed by atoms with van der Waals surface area (Å²) in [5, 5.41) is 5.43. The summed E-state index contributed by atoms with van der Waals surface area (Å²) in [7, 11) is 0. The second-order valence-electron chi connectivity index (χ2n) is 4.50. The van der Waals surface area contributed by atoms with Crippen molar-refractivity contribution in [2.24, 2.45) is 11.7 Å². The highest BCUT2D eigenvalue weighted by molar-refractivity contribution is 5.96. The Bertz CT molecular complexity index is 404. The maximum absolute atomic E-state index is 11.5. The highest BCUT2D eigenvalue weighted by Gasteiger charge is 2.09. The van der Waals surface area contributed by atoms with E-state index >= 15 is 0 Å². The van der Waals surface area contributed by atoms with Crippen LogP contribution >= 0.6 is 0 Å². The molecule has 0 aromatic heterocycles. The molecule has 4 N–H and O–H groups in total. The van der Waals surface area contributed by atoms with E-state index in [4.69, 9.17) is 5.73 Å². The lowest BCUT2D eigenvalue weighted by Crippen LogP contribution is -2.32. The SMILES string of the molecule is CC(C)C(=O)Nc1cccc(NC(=O)C(C)N)c1. The van der Waals surface area contributed by atoms with Gasteiger partial charge in [-0.3, -0.25) is 9.59 Å². The average molecular weight is 249 g/mol. The number of carbonyl (C=O) groups is 2. The fourth-order valence-corrected chi connectivity index (χ4v) is 1.22. The van der Waals surface area contributed by atoms with E-state index in [1.165, 1.54) is 0 Å². The van der Waals surface area contributed by atoms with Crippen molar-refractivity contribution in [2.45, 2.75) is 26.8 Å². The van der Waals surface area contributed by atoms with Crippen LogP contribution in [-0.2, 0) is 9.59 Å². The fraction of sp³-hybridized carbons (Fsp3) is 0.385. The van der Waals surface area contributed by atoms with Crippen molar-refractivity contribution in [1.82, 2.24) is 0 Å². The van der Waals surface area contributed by atoms with E-state index in [2.05, 4.69) is 10.6 Å². The first-order chi connectivity index (χ1) is 8.40. The van der Waals surface area contributed by atoms with Crippen LogP contribution in [-0.4, -0.2) is 17.9 Å². The Morgan fingerprint density at radius 3 is 2.00 bits per heavy atom. The Hall–Kier alpha value is -1.88. The third kappa shape index (κ3) is 4.18. The van der Waals surface area contributed by atoms with Crippen molar-refractivity contribution >= 4 is 23.2 Å². The molecule has 0 fully saturated rings. The summed E-state index contributed by atoms with van der Waals surface area (Å²) in [5.74, 6) is -0.416. The Kier molecular flexibility index (Phi) is 4.85. The van der Waals surface area contributed by atoms with Crippen LogP contribution < -0.4 is 16.4 Å². The molecule has 1 atom stereocenters. The number of hydrogen-bond acceptors (Lipinski definition) is 3. The van der Waals surface area contributed by atoms with Crippen molar-refractivity contribution in [3.05, 3.63) is 24.3 Å². The van der Waals surface area contributed by atoms with Gasteiger partial charge in [0.1, 0.15) is 0 Å². The lowest BCUT2D eigenvalue weighted by Gasteiger charge is -2.11. The molecule has 1 aromatic rings. The molecular weight excluding hydrogens is 230 g/mol. The first kappa shape index (κ1) is 14.2. The molecule has 5 nitrogen and oxygen atoms in total. The van der Waals surface area contributed by atoms with Gasteiger partial charge in [-0.2, -0.15) is 0 Å². The molecule has 1 rings (SSSR count). The van der Waals surface area contributed by atoms with Crippen LogP contribution in [0, 0.1) is 5.92 Å². The van der Waals surface area contributed by atoms with Gasteiger partial charge in [0.05, 0.1) is 6.04 Å². The minimum Gasteiger partial charge on any atom is -0.326 e. The molecular formula is C13H19N3O2. The largest absolute Gasteiger partial charge is 0.326 e. The average Bonchev–Trinajstić information content (AvgIpc) is 2.29. The minimum atomic E-state index is -0.570. The van der Waals surface area contributed by atoms with Gasteiger partial charge in [-0.15, -0.1) is 0 Å². The molecule has 98 valence electrons. The van der Waals surface area contributed by atoms with E-state index in [0.29, 0.717) is 11.4 Å². The minimum absolute atomic E-state index is 0.0642. The van der Waals surface area contributed by atoms with Gasteiger partial charge in [0.2, 0.25) is 11.8 Å². The summed E-state index contributed by atoms with van der Waals surface area (Å²) in [4.78, 5) is 23.0. The van der Waals surface area contributed by atoms with Crippen LogP contribution in [0.15, 0.2) is 24.3 Å². The number of rotatable bonds is 4. The molecule has 18 heavy (non-hydrogen) atoms. The molecule has 0 aliphatic heterocycles. The third-order valence-electron chi connectivity index (χ3n) is 2.34. The maximum atomic E-state index is 11.5. The van der Waals surface area contributed by atoms with E-state index in [0.717, 1.165) is 0 Å². The Balaban J connectivity index is 2.74. The standard InChI is InChI=1S/C13H19N3O2/c1-8(2)12(17)15-10-5-4-6-11(7-10)16-13(18)9(3)14/h4-9H,14H2,1-3H3,(H,15,17)(H,16,18). The molecule has 2 amide bonds. The number of hydrogen-bond donors (Lipinski definition) is 3. The second kappa shape index (κ2) is 6.16. The Morgan fingerprint density at radius 2 is 1.56 bits per heavy atom. The van der Waals surface area contributed by atoms with Gasteiger partial charge in [0, 0.05) is 17.3 Å². The van der Waals surface area contributed by atoms with Gasteiger partial charge >= 0.3 is 0 Å². The number of nitrogens with one attached hydrogen (secondary N) is 2. The molecule has 1 unspecified atom stereocenters. The fourth-order valence-electron chi connectivity index (χ4n) is 1.22. The van der Waals surface area contributed by atoms with Crippen molar-refractivity contribution in [3.8, 4) is 0 Å². The van der Waals surface area contributed by atoms with Crippen LogP contribution in [0.5, 0.6) is 0 Å². The van der Waals surface area contributed by atoms with E-state index in [1.54, 1.807) is 31.2 Å². The predicted molar refractivity (Wildman–Crippen MR) is 72.2 cm³/mol. The lowest BCUT2D eigenvalue weighted by molar-refractivity contribution is -0.119.